The molecular formula is C15H20NO3+. The zero-order valence-corrected chi connectivity index (χ0v) is 11.0. The lowest BCUT2D eigenvalue weighted by Gasteiger charge is -2.40. The Kier molecular flexibility index (Phi) is 3.69. The van der Waals surface area contributed by atoms with E-state index in [1.165, 1.54) is 25.9 Å². The molecule has 1 aromatic rings. The number of carbonyl (C=O) groups excluding carboxylic acids is 1. The van der Waals surface area contributed by atoms with Crippen LogP contribution in [-0.2, 0) is 9.53 Å². The van der Waals surface area contributed by atoms with Crippen LogP contribution in [0.25, 0.3) is 0 Å². The zero-order valence-electron chi connectivity index (χ0n) is 11.0. The van der Waals surface area contributed by atoms with E-state index in [0.29, 0.717) is 11.7 Å². The number of ether oxygens (including phenoxy) is 2. The normalized spacial score (nSPS) is 28.9. The molecule has 19 heavy (non-hydrogen) atoms. The van der Waals surface area contributed by atoms with E-state index in [4.69, 9.17) is 9.47 Å². The van der Waals surface area contributed by atoms with Crippen LogP contribution in [0.3, 0.4) is 0 Å². The summed E-state index contributed by atoms with van der Waals surface area (Å²) in [4.78, 5) is 13.4. The first-order valence-electron chi connectivity index (χ1n) is 7.02. The van der Waals surface area contributed by atoms with Crippen molar-refractivity contribution in [1.82, 2.24) is 0 Å². The van der Waals surface area contributed by atoms with Crippen LogP contribution in [0.2, 0.25) is 0 Å². The molecule has 0 amide bonds. The average Bonchev–Trinajstić information content (AvgIpc) is 2.47. The van der Waals surface area contributed by atoms with E-state index in [1.54, 1.807) is 4.90 Å². The number of hydrogen-bond donors (Lipinski definition) is 1. The van der Waals surface area contributed by atoms with Gasteiger partial charge in [-0.15, -0.1) is 0 Å². The first-order valence-corrected chi connectivity index (χ1v) is 7.02. The molecule has 3 aliphatic rings. The Bertz CT molecular complexity index is 426. The SMILES string of the molecule is O=C(COc1ccccc1)O[C@H]1C[NH+]2CCC1CC2. The fourth-order valence-electron chi connectivity index (χ4n) is 3.08. The highest BCUT2D eigenvalue weighted by atomic mass is 16.6. The molecule has 0 aromatic heterocycles. The first-order chi connectivity index (χ1) is 9.31. The van der Waals surface area contributed by atoms with E-state index < -0.39 is 0 Å². The van der Waals surface area contributed by atoms with Gasteiger partial charge in [0.05, 0.1) is 13.1 Å². The summed E-state index contributed by atoms with van der Waals surface area (Å²) in [6.45, 7) is 3.45. The van der Waals surface area contributed by atoms with Crippen molar-refractivity contribution in [3.05, 3.63) is 30.3 Å². The van der Waals surface area contributed by atoms with Gasteiger partial charge in [-0.25, -0.2) is 4.79 Å². The van der Waals surface area contributed by atoms with Crippen molar-refractivity contribution in [2.24, 2.45) is 5.92 Å². The number of carbonyl (C=O) groups is 1. The molecule has 1 N–H and O–H groups in total. The second-order valence-electron chi connectivity index (χ2n) is 5.42. The molecular weight excluding hydrogens is 242 g/mol. The van der Waals surface area contributed by atoms with Crippen molar-refractivity contribution < 1.29 is 19.2 Å². The van der Waals surface area contributed by atoms with Gasteiger partial charge in [0.25, 0.3) is 0 Å². The molecule has 0 saturated carbocycles. The predicted octanol–water partition coefficient (Wildman–Crippen LogP) is 0.286. The number of fused-ring (bicyclic) bond motifs is 3. The average molecular weight is 262 g/mol. The smallest absolute Gasteiger partial charge is 0.344 e. The van der Waals surface area contributed by atoms with Crippen LogP contribution in [-0.4, -0.2) is 38.3 Å². The Morgan fingerprint density at radius 1 is 1.21 bits per heavy atom. The van der Waals surface area contributed by atoms with Crippen molar-refractivity contribution in [2.45, 2.75) is 18.9 Å². The maximum atomic E-state index is 11.8. The predicted molar refractivity (Wildman–Crippen MR) is 70.1 cm³/mol. The molecule has 4 nitrogen and oxygen atoms in total. The van der Waals surface area contributed by atoms with Crippen molar-refractivity contribution in [2.75, 3.05) is 26.2 Å². The van der Waals surface area contributed by atoms with Gasteiger partial charge in [-0.3, -0.25) is 0 Å². The molecule has 2 bridgehead atoms. The van der Waals surface area contributed by atoms with Crippen LogP contribution >= 0.6 is 0 Å². The van der Waals surface area contributed by atoms with Gasteiger partial charge in [0.15, 0.2) is 12.7 Å². The number of piperidine rings is 3. The summed E-state index contributed by atoms with van der Waals surface area (Å²) in [5.74, 6) is 1.03. The van der Waals surface area contributed by atoms with E-state index in [2.05, 4.69) is 0 Å². The number of rotatable bonds is 4. The lowest BCUT2D eigenvalue weighted by Crippen LogP contribution is -3.16. The number of para-hydroxylation sites is 1. The third-order valence-corrected chi connectivity index (χ3v) is 4.14. The number of benzene rings is 1. The standard InChI is InChI=1S/C15H19NO3/c17-15(11-18-13-4-2-1-3-5-13)19-14-10-16-8-6-12(14)7-9-16/h1-5,12,14H,6-11H2/p+1/t14-/m0/s1. The van der Waals surface area contributed by atoms with Gasteiger partial charge >= 0.3 is 5.97 Å². The number of esters is 1. The molecule has 0 spiro atoms. The number of quaternary nitrogens is 1. The van der Waals surface area contributed by atoms with Crippen LogP contribution in [0.1, 0.15) is 12.8 Å². The van der Waals surface area contributed by atoms with Crippen LogP contribution in [0.15, 0.2) is 30.3 Å². The molecule has 4 rings (SSSR count). The van der Waals surface area contributed by atoms with Gasteiger partial charge in [0.2, 0.25) is 0 Å². The number of nitrogens with one attached hydrogen (secondary N) is 1. The van der Waals surface area contributed by atoms with Crippen molar-refractivity contribution in [3.8, 4) is 5.75 Å². The topological polar surface area (TPSA) is 40.0 Å². The van der Waals surface area contributed by atoms with Gasteiger partial charge in [0, 0.05) is 18.8 Å². The van der Waals surface area contributed by atoms with E-state index in [9.17, 15) is 4.79 Å². The molecule has 1 aromatic carbocycles. The van der Waals surface area contributed by atoms with Crippen LogP contribution in [0.4, 0.5) is 0 Å². The van der Waals surface area contributed by atoms with E-state index in [1.807, 2.05) is 30.3 Å². The van der Waals surface area contributed by atoms with Gasteiger partial charge in [0.1, 0.15) is 12.3 Å². The summed E-state index contributed by atoms with van der Waals surface area (Å²) in [5.41, 5.74) is 0. The van der Waals surface area contributed by atoms with Crippen LogP contribution in [0, 0.1) is 5.92 Å². The first kappa shape index (κ1) is 12.5. The molecule has 4 heteroatoms. The largest absolute Gasteiger partial charge is 0.482 e. The minimum absolute atomic E-state index is 0.00255. The minimum Gasteiger partial charge on any atom is -0.482 e. The molecule has 3 fully saturated rings. The van der Waals surface area contributed by atoms with E-state index in [0.717, 1.165) is 6.54 Å². The van der Waals surface area contributed by atoms with E-state index in [-0.39, 0.29) is 18.7 Å². The van der Waals surface area contributed by atoms with Gasteiger partial charge < -0.3 is 14.4 Å². The Hall–Kier alpha value is -1.55. The maximum Gasteiger partial charge on any atom is 0.344 e. The molecule has 1 atom stereocenters. The Labute approximate surface area is 113 Å². The summed E-state index contributed by atoms with van der Waals surface area (Å²) >= 11 is 0. The third-order valence-electron chi connectivity index (χ3n) is 4.14. The summed E-state index contributed by atoms with van der Waals surface area (Å²) < 4.78 is 11.0. The van der Waals surface area contributed by atoms with Gasteiger partial charge in [-0.2, -0.15) is 0 Å². The van der Waals surface area contributed by atoms with Crippen LogP contribution in [0.5, 0.6) is 5.75 Å². The highest BCUT2D eigenvalue weighted by molar-refractivity contribution is 5.71. The van der Waals surface area contributed by atoms with E-state index >= 15 is 0 Å². The van der Waals surface area contributed by atoms with Crippen molar-refractivity contribution in [3.63, 3.8) is 0 Å². The second-order valence-corrected chi connectivity index (χ2v) is 5.42. The molecule has 0 aliphatic carbocycles. The molecule has 0 radical (unpaired) electrons. The third kappa shape index (κ3) is 3.07. The molecule has 3 saturated heterocycles. The lowest BCUT2D eigenvalue weighted by molar-refractivity contribution is -0.920. The zero-order chi connectivity index (χ0) is 13.1. The quantitative estimate of drug-likeness (QED) is 0.793. The van der Waals surface area contributed by atoms with Crippen molar-refractivity contribution in [1.29, 1.82) is 0 Å². The van der Waals surface area contributed by atoms with Crippen LogP contribution < -0.4 is 9.64 Å². The minimum atomic E-state index is -0.248. The lowest BCUT2D eigenvalue weighted by atomic mass is 9.86. The molecule has 0 unspecified atom stereocenters. The second kappa shape index (κ2) is 5.61. The monoisotopic (exact) mass is 262 g/mol. The maximum absolute atomic E-state index is 11.8. The molecule has 3 aliphatic heterocycles. The summed E-state index contributed by atoms with van der Waals surface area (Å²) in [7, 11) is 0. The van der Waals surface area contributed by atoms with Gasteiger partial charge in [-0.05, 0) is 12.1 Å². The summed E-state index contributed by atoms with van der Waals surface area (Å²) in [5, 5.41) is 0. The molecule has 3 heterocycles. The Morgan fingerprint density at radius 3 is 2.58 bits per heavy atom. The Morgan fingerprint density at radius 2 is 1.95 bits per heavy atom. The highest BCUT2D eigenvalue weighted by Gasteiger charge is 2.39. The molecule has 102 valence electrons. The number of hydrogen-bond acceptors (Lipinski definition) is 3. The Balaban J connectivity index is 1.46. The highest BCUT2D eigenvalue weighted by Crippen LogP contribution is 2.21. The summed E-state index contributed by atoms with van der Waals surface area (Å²) in [6, 6.07) is 9.37. The fraction of sp³-hybridized carbons (Fsp3) is 0.533. The fourth-order valence-corrected chi connectivity index (χ4v) is 3.08. The summed E-state index contributed by atoms with van der Waals surface area (Å²) in [6.07, 6.45) is 2.48. The van der Waals surface area contributed by atoms with Gasteiger partial charge in [-0.1, -0.05) is 18.2 Å². The van der Waals surface area contributed by atoms with Crippen molar-refractivity contribution >= 4 is 5.97 Å².